The number of nitrogens with zero attached hydrogens (tertiary/aromatic N) is 1. The number of rotatable bonds is 2. The lowest BCUT2D eigenvalue weighted by molar-refractivity contribution is 0.00718. The van der Waals surface area contributed by atoms with Crippen LogP contribution in [0, 0.1) is 11.2 Å². The number of hydrogen-bond acceptors (Lipinski definition) is 3. The van der Waals surface area contributed by atoms with Crippen molar-refractivity contribution in [3.05, 3.63) is 35.1 Å². The first-order chi connectivity index (χ1) is 13.3. The molecule has 1 fully saturated rings. The second-order valence-electron chi connectivity index (χ2n) is 10.2. The Morgan fingerprint density at radius 2 is 1.83 bits per heavy atom. The molecule has 29 heavy (non-hydrogen) atoms. The minimum absolute atomic E-state index is 0.200. The van der Waals surface area contributed by atoms with Crippen LogP contribution in [0.4, 0.5) is 9.18 Å². The number of nitrogens with one attached hydrogen (secondary N) is 1. The fourth-order valence-corrected chi connectivity index (χ4v) is 5.16. The van der Waals surface area contributed by atoms with Crippen molar-refractivity contribution < 1.29 is 18.1 Å². The first kappa shape index (κ1) is 22.2. The molecule has 1 unspecified atom stereocenters. The first-order valence-electron chi connectivity index (χ1n) is 10.3. The second kappa shape index (κ2) is 7.65. The minimum atomic E-state index is -1.28. The summed E-state index contributed by atoms with van der Waals surface area (Å²) in [5.41, 5.74) is 0.811. The Kier molecular flexibility index (Phi) is 5.86. The van der Waals surface area contributed by atoms with E-state index in [4.69, 9.17) is 4.74 Å². The molecule has 5 nitrogen and oxygen atoms in total. The number of fused-ring (bicyclic) bond motifs is 1. The Labute approximate surface area is 176 Å². The lowest BCUT2D eigenvalue weighted by atomic mass is 9.73. The van der Waals surface area contributed by atoms with Gasteiger partial charge >= 0.3 is 6.09 Å². The van der Waals surface area contributed by atoms with Gasteiger partial charge in [0.05, 0.1) is 21.8 Å². The molecular formula is C22H33FN2O3S. The lowest BCUT2D eigenvalue weighted by Gasteiger charge is -2.44. The number of carbonyl (C=O) groups excluding carboxylic acids is 1. The van der Waals surface area contributed by atoms with E-state index in [0.29, 0.717) is 37.9 Å². The molecule has 1 spiro atoms. The SMILES string of the molecule is CC(C)(C)OC(=O)N1CCC2(CC1)Cc1c(F)cccc1[C@H]2NS(=O)C(C)(C)C. The van der Waals surface area contributed by atoms with E-state index in [9.17, 15) is 13.4 Å². The van der Waals surface area contributed by atoms with Crippen molar-refractivity contribution in [2.75, 3.05) is 13.1 Å². The number of piperidine rings is 1. The van der Waals surface area contributed by atoms with E-state index in [0.717, 1.165) is 5.56 Å². The molecule has 2 atom stereocenters. The van der Waals surface area contributed by atoms with E-state index in [-0.39, 0.29) is 23.4 Å². The van der Waals surface area contributed by atoms with E-state index in [2.05, 4.69) is 4.72 Å². The van der Waals surface area contributed by atoms with Crippen LogP contribution in [0.1, 0.15) is 71.6 Å². The third kappa shape index (κ3) is 4.66. The summed E-state index contributed by atoms with van der Waals surface area (Å²) in [5, 5.41) is 0. The summed E-state index contributed by atoms with van der Waals surface area (Å²) in [6.07, 6.45) is 1.70. The highest BCUT2D eigenvalue weighted by Crippen LogP contribution is 2.53. The van der Waals surface area contributed by atoms with Crippen LogP contribution in [-0.4, -0.2) is 38.6 Å². The molecule has 1 heterocycles. The third-order valence-corrected chi connectivity index (χ3v) is 7.36. The van der Waals surface area contributed by atoms with E-state index in [1.165, 1.54) is 6.07 Å². The van der Waals surface area contributed by atoms with Crippen LogP contribution in [-0.2, 0) is 22.1 Å². The number of halogens is 1. The average Bonchev–Trinajstić information content (AvgIpc) is 2.88. The van der Waals surface area contributed by atoms with Crippen molar-refractivity contribution in [2.45, 2.75) is 77.2 Å². The van der Waals surface area contributed by atoms with Gasteiger partial charge in [-0.3, -0.25) is 0 Å². The van der Waals surface area contributed by atoms with Crippen LogP contribution in [0.2, 0.25) is 0 Å². The Hall–Kier alpha value is -1.47. The molecule has 2 aliphatic rings. The highest BCUT2D eigenvalue weighted by molar-refractivity contribution is 7.84. The van der Waals surface area contributed by atoms with Crippen LogP contribution in [0.25, 0.3) is 0 Å². The zero-order valence-electron chi connectivity index (χ0n) is 18.3. The second-order valence-corrected chi connectivity index (χ2v) is 12.2. The molecule has 1 aliphatic carbocycles. The number of benzene rings is 1. The molecule has 3 rings (SSSR count). The zero-order chi connectivity index (χ0) is 21.6. The van der Waals surface area contributed by atoms with Crippen molar-refractivity contribution in [2.24, 2.45) is 5.41 Å². The topological polar surface area (TPSA) is 58.6 Å². The highest BCUT2D eigenvalue weighted by atomic mass is 32.2. The van der Waals surface area contributed by atoms with E-state index in [1.54, 1.807) is 11.0 Å². The van der Waals surface area contributed by atoms with Gasteiger partial charge in [-0.25, -0.2) is 18.1 Å². The number of likely N-dealkylation sites (tertiary alicyclic amines) is 1. The molecule has 7 heteroatoms. The number of carbonyl (C=O) groups is 1. The van der Waals surface area contributed by atoms with Gasteiger partial charge in [0.1, 0.15) is 11.4 Å². The average molecular weight is 425 g/mol. The van der Waals surface area contributed by atoms with Crippen molar-refractivity contribution >= 4 is 17.1 Å². The van der Waals surface area contributed by atoms with Gasteiger partial charge < -0.3 is 9.64 Å². The van der Waals surface area contributed by atoms with E-state index < -0.39 is 21.3 Å². The summed E-state index contributed by atoms with van der Waals surface area (Å²) in [4.78, 5) is 14.2. The summed E-state index contributed by atoms with van der Waals surface area (Å²) < 4.78 is 35.9. The van der Waals surface area contributed by atoms with Crippen LogP contribution >= 0.6 is 0 Å². The van der Waals surface area contributed by atoms with Gasteiger partial charge in [-0.1, -0.05) is 12.1 Å². The van der Waals surface area contributed by atoms with Crippen LogP contribution in [0.3, 0.4) is 0 Å². The first-order valence-corrected chi connectivity index (χ1v) is 11.4. The predicted octanol–water partition coefficient (Wildman–Crippen LogP) is 4.49. The Balaban J connectivity index is 1.83. The molecule has 1 aromatic carbocycles. The van der Waals surface area contributed by atoms with E-state index >= 15 is 0 Å². The molecule has 1 aromatic rings. The monoisotopic (exact) mass is 424 g/mol. The third-order valence-electron chi connectivity index (χ3n) is 5.80. The molecule has 0 radical (unpaired) electrons. The predicted molar refractivity (Wildman–Crippen MR) is 113 cm³/mol. The quantitative estimate of drug-likeness (QED) is 0.761. The highest BCUT2D eigenvalue weighted by Gasteiger charge is 2.50. The Morgan fingerprint density at radius 3 is 2.38 bits per heavy atom. The number of hydrogen-bond donors (Lipinski definition) is 1. The van der Waals surface area contributed by atoms with Crippen LogP contribution in [0.5, 0.6) is 0 Å². The number of ether oxygens (including phenoxy) is 1. The van der Waals surface area contributed by atoms with Gasteiger partial charge in [0.25, 0.3) is 0 Å². The standard InChI is InChI=1S/C22H33FN2O3S/c1-20(2,3)28-19(26)25-12-10-22(11-13-25)14-16-15(8-7-9-17(16)23)18(22)24-29(27)21(4,5)6/h7-9,18,24H,10-14H2,1-6H3/t18-,29?/m1/s1. The fourth-order valence-electron chi connectivity index (χ4n) is 4.22. The molecule has 1 N–H and O–H groups in total. The van der Waals surface area contributed by atoms with Crippen LogP contribution < -0.4 is 4.72 Å². The van der Waals surface area contributed by atoms with Gasteiger partial charge in [0, 0.05) is 13.1 Å². The molecule has 0 saturated carbocycles. The Morgan fingerprint density at radius 1 is 1.21 bits per heavy atom. The van der Waals surface area contributed by atoms with Gasteiger partial charge in [-0.05, 0) is 83.4 Å². The van der Waals surface area contributed by atoms with Gasteiger partial charge in [-0.15, -0.1) is 0 Å². The summed E-state index contributed by atoms with van der Waals surface area (Å²) in [5.74, 6) is -0.206. The molecular weight excluding hydrogens is 391 g/mol. The summed E-state index contributed by atoms with van der Waals surface area (Å²) in [6.45, 7) is 12.4. The van der Waals surface area contributed by atoms with Gasteiger partial charge in [0.2, 0.25) is 0 Å². The van der Waals surface area contributed by atoms with Gasteiger partial charge in [0.15, 0.2) is 0 Å². The fraction of sp³-hybridized carbons (Fsp3) is 0.682. The van der Waals surface area contributed by atoms with Gasteiger partial charge in [-0.2, -0.15) is 0 Å². The molecule has 0 aromatic heterocycles. The maximum Gasteiger partial charge on any atom is 0.410 e. The molecule has 1 amide bonds. The summed E-state index contributed by atoms with van der Waals surface area (Å²) >= 11 is 0. The molecule has 1 saturated heterocycles. The summed E-state index contributed by atoms with van der Waals surface area (Å²) in [7, 11) is -1.28. The van der Waals surface area contributed by atoms with Crippen molar-refractivity contribution in [3.63, 3.8) is 0 Å². The molecule has 162 valence electrons. The maximum absolute atomic E-state index is 14.6. The zero-order valence-corrected chi connectivity index (χ0v) is 19.1. The normalized spacial score (nSPS) is 22.4. The minimum Gasteiger partial charge on any atom is -0.444 e. The largest absolute Gasteiger partial charge is 0.444 e. The molecule has 0 bridgehead atoms. The van der Waals surface area contributed by atoms with Crippen molar-refractivity contribution in [3.8, 4) is 0 Å². The van der Waals surface area contributed by atoms with E-state index in [1.807, 2.05) is 47.6 Å². The summed E-state index contributed by atoms with van der Waals surface area (Å²) in [6, 6.07) is 4.95. The Bertz CT molecular complexity index is 805. The van der Waals surface area contributed by atoms with Crippen molar-refractivity contribution in [1.82, 2.24) is 9.62 Å². The molecule has 1 aliphatic heterocycles. The lowest BCUT2D eigenvalue weighted by Crippen LogP contribution is -2.49. The smallest absolute Gasteiger partial charge is 0.410 e. The maximum atomic E-state index is 14.6. The number of amides is 1. The van der Waals surface area contributed by atoms with Crippen molar-refractivity contribution in [1.29, 1.82) is 0 Å². The van der Waals surface area contributed by atoms with Crippen LogP contribution in [0.15, 0.2) is 18.2 Å².